The molecule has 0 bridgehead atoms. The van der Waals surface area contributed by atoms with E-state index in [0.29, 0.717) is 13.0 Å². The number of aliphatic hydroxyl groups excluding tert-OH is 4. The minimum Gasteiger partial charge on any atom is -0.457 e. The molecule has 6 atom stereocenters. The average molecular weight is 747 g/mol. The molecule has 53 heavy (non-hydrogen) atoms. The predicted molar refractivity (Wildman–Crippen MR) is 214 cm³/mol. The average Bonchev–Trinajstić information content (AvgIpc) is 3.16. The van der Waals surface area contributed by atoms with Crippen LogP contribution in [-0.4, -0.2) is 89.6 Å². The molecule has 0 saturated carbocycles. The topological polar surface area (TPSA) is 135 Å². The Balaban J connectivity index is 2.37. The molecule has 0 radical (unpaired) electrons. The molecule has 0 amide bonds. The van der Waals surface area contributed by atoms with Crippen molar-refractivity contribution in [3.8, 4) is 0 Å². The molecule has 9 nitrogen and oxygen atoms in total. The van der Waals surface area contributed by atoms with E-state index >= 15 is 0 Å². The highest BCUT2D eigenvalue weighted by Gasteiger charge is 2.44. The van der Waals surface area contributed by atoms with Gasteiger partial charge in [-0.25, -0.2) is 0 Å². The lowest BCUT2D eigenvalue weighted by Crippen LogP contribution is -2.59. The minimum absolute atomic E-state index is 0.112. The highest BCUT2D eigenvalue weighted by molar-refractivity contribution is 5.69. The summed E-state index contributed by atoms with van der Waals surface area (Å²) in [6.45, 7) is 4.32. The van der Waals surface area contributed by atoms with Crippen LogP contribution in [0.4, 0.5) is 0 Å². The van der Waals surface area contributed by atoms with Crippen molar-refractivity contribution in [2.45, 2.75) is 173 Å². The largest absolute Gasteiger partial charge is 0.457 e. The first-order valence-corrected chi connectivity index (χ1v) is 20.5. The fourth-order valence-corrected chi connectivity index (χ4v) is 5.69. The van der Waals surface area contributed by atoms with E-state index in [9.17, 15) is 25.2 Å². The van der Waals surface area contributed by atoms with Gasteiger partial charge in [0.15, 0.2) is 6.29 Å². The maximum Gasteiger partial charge on any atom is 0.306 e. The first-order valence-electron chi connectivity index (χ1n) is 20.5. The zero-order valence-electron chi connectivity index (χ0n) is 33.0. The predicted octanol–water partition coefficient (Wildman–Crippen LogP) is 8.52. The summed E-state index contributed by atoms with van der Waals surface area (Å²) in [4.78, 5) is 12.7. The molecule has 1 aliphatic rings. The number of esters is 1. The molecule has 0 aromatic carbocycles. The van der Waals surface area contributed by atoms with Gasteiger partial charge in [-0.15, -0.1) is 0 Å². The summed E-state index contributed by atoms with van der Waals surface area (Å²) in [5, 5.41) is 40.0. The van der Waals surface area contributed by atoms with E-state index in [2.05, 4.69) is 74.6 Å². The Morgan fingerprint density at radius 3 is 1.62 bits per heavy atom. The third-order valence-electron chi connectivity index (χ3n) is 8.90. The Kier molecular flexibility index (Phi) is 32.4. The van der Waals surface area contributed by atoms with Crippen LogP contribution in [0.2, 0.25) is 0 Å². The molecule has 1 aliphatic heterocycles. The molecule has 1 heterocycles. The molecule has 9 heteroatoms. The van der Waals surface area contributed by atoms with Crippen molar-refractivity contribution in [2.24, 2.45) is 0 Å². The van der Waals surface area contributed by atoms with Gasteiger partial charge >= 0.3 is 5.97 Å². The molecule has 1 fully saturated rings. The normalized spacial score (nSPS) is 21.8. The fourth-order valence-electron chi connectivity index (χ4n) is 5.69. The molecule has 1 rings (SSSR count). The second-order valence-electron chi connectivity index (χ2n) is 13.7. The van der Waals surface area contributed by atoms with Crippen molar-refractivity contribution in [3.05, 3.63) is 72.9 Å². The molecule has 0 aliphatic carbocycles. The Morgan fingerprint density at radius 2 is 1.11 bits per heavy atom. The number of allylic oxidation sites excluding steroid dienone is 12. The van der Waals surface area contributed by atoms with Gasteiger partial charge in [-0.05, 0) is 51.4 Å². The van der Waals surface area contributed by atoms with Crippen molar-refractivity contribution < 1.29 is 44.2 Å². The SMILES string of the molecule is CC/C=C\C/C=C\C/C=C\C/C=C\C/C=C\C/C=C\CCC(=O)OC(COCCCCCCCCCCCCC)COC1OC(CO)C(O)C(O)C1O. The zero-order chi connectivity index (χ0) is 38.6. The summed E-state index contributed by atoms with van der Waals surface area (Å²) < 4.78 is 22.6. The van der Waals surface area contributed by atoms with E-state index < -0.39 is 49.4 Å². The number of rotatable bonds is 33. The van der Waals surface area contributed by atoms with Crippen LogP contribution in [0, 0.1) is 0 Å². The lowest BCUT2D eigenvalue weighted by molar-refractivity contribution is -0.305. The van der Waals surface area contributed by atoms with Gasteiger partial charge in [0.1, 0.15) is 30.5 Å². The number of carbonyl (C=O) groups is 1. The number of hydrogen-bond acceptors (Lipinski definition) is 9. The second kappa shape index (κ2) is 35.3. The molecule has 0 spiro atoms. The molecule has 4 N–H and O–H groups in total. The zero-order valence-corrected chi connectivity index (χ0v) is 33.0. The van der Waals surface area contributed by atoms with E-state index in [0.717, 1.165) is 51.4 Å². The minimum atomic E-state index is -1.55. The van der Waals surface area contributed by atoms with Gasteiger partial charge in [0.05, 0.1) is 19.8 Å². The lowest BCUT2D eigenvalue weighted by Gasteiger charge is -2.39. The Morgan fingerprint density at radius 1 is 0.623 bits per heavy atom. The van der Waals surface area contributed by atoms with Gasteiger partial charge in [0, 0.05) is 13.0 Å². The Labute approximate surface area is 321 Å². The van der Waals surface area contributed by atoms with Crippen LogP contribution < -0.4 is 0 Å². The van der Waals surface area contributed by atoms with E-state index in [1.807, 2.05) is 12.2 Å². The summed E-state index contributed by atoms with van der Waals surface area (Å²) in [7, 11) is 0. The first-order chi connectivity index (χ1) is 25.9. The molecule has 0 aromatic rings. The van der Waals surface area contributed by atoms with Gasteiger partial charge in [-0.3, -0.25) is 4.79 Å². The quantitative estimate of drug-likeness (QED) is 0.0296. The number of aliphatic hydroxyl groups is 4. The summed E-state index contributed by atoms with van der Waals surface area (Å²) in [6, 6.07) is 0. The summed E-state index contributed by atoms with van der Waals surface area (Å²) in [5.74, 6) is -0.398. The Hall–Kier alpha value is -2.37. The van der Waals surface area contributed by atoms with Crippen LogP contribution in [0.15, 0.2) is 72.9 Å². The van der Waals surface area contributed by atoms with Gasteiger partial charge in [0.2, 0.25) is 0 Å². The molecule has 0 aromatic heterocycles. The van der Waals surface area contributed by atoms with E-state index in [1.54, 1.807) is 0 Å². The standard InChI is InChI=1S/C44H74O9/c1-3-5-7-9-11-13-15-16-17-18-19-20-21-22-23-25-27-29-31-33-40(46)52-38(37-51-44-43(49)42(48)41(47)39(35-45)53-44)36-50-34-32-30-28-26-24-14-12-10-8-6-4-2/h5,7,11,13,16-17,19-20,22-23,27,29,38-39,41-45,47-49H,3-4,6,8-10,12,14-15,18,21,24-26,28,30-37H2,1-2H3/b7-5-,13-11-,17-16-,20-19-,23-22-,29-27-. The molecular formula is C44H74O9. The van der Waals surface area contributed by atoms with Crippen molar-refractivity contribution in [2.75, 3.05) is 26.4 Å². The van der Waals surface area contributed by atoms with Crippen LogP contribution in [-0.2, 0) is 23.7 Å². The number of hydrogen-bond donors (Lipinski definition) is 4. The molecule has 304 valence electrons. The summed E-state index contributed by atoms with van der Waals surface area (Å²) in [5.41, 5.74) is 0. The summed E-state index contributed by atoms with van der Waals surface area (Å²) >= 11 is 0. The lowest BCUT2D eigenvalue weighted by atomic mass is 9.99. The van der Waals surface area contributed by atoms with Gasteiger partial charge < -0.3 is 39.4 Å². The molecular weight excluding hydrogens is 672 g/mol. The highest BCUT2D eigenvalue weighted by Crippen LogP contribution is 2.22. The number of unbranched alkanes of at least 4 members (excludes halogenated alkanes) is 10. The highest BCUT2D eigenvalue weighted by atomic mass is 16.7. The third kappa shape index (κ3) is 27.0. The number of ether oxygens (including phenoxy) is 4. The van der Waals surface area contributed by atoms with Gasteiger partial charge in [-0.1, -0.05) is 151 Å². The molecule has 6 unspecified atom stereocenters. The van der Waals surface area contributed by atoms with Crippen LogP contribution >= 0.6 is 0 Å². The van der Waals surface area contributed by atoms with E-state index in [1.165, 1.54) is 57.8 Å². The van der Waals surface area contributed by atoms with Crippen LogP contribution in [0.1, 0.15) is 136 Å². The van der Waals surface area contributed by atoms with E-state index in [4.69, 9.17) is 18.9 Å². The molecule has 1 saturated heterocycles. The van der Waals surface area contributed by atoms with Gasteiger partial charge in [-0.2, -0.15) is 0 Å². The van der Waals surface area contributed by atoms with Crippen LogP contribution in [0.3, 0.4) is 0 Å². The smallest absolute Gasteiger partial charge is 0.306 e. The number of carbonyl (C=O) groups excluding carboxylic acids is 1. The first kappa shape index (κ1) is 48.6. The van der Waals surface area contributed by atoms with E-state index in [-0.39, 0.29) is 19.6 Å². The van der Waals surface area contributed by atoms with Crippen molar-refractivity contribution in [1.82, 2.24) is 0 Å². The van der Waals surface area contributed by atoms with Crippen molar-refractivity contribution in [1.29, 1.82) is 0 Å². The Bertz CT molecular complexity index is 1030. The fraction of sp³-hybridized carbons (Fsp3) is 0.705. The second-order valence-corrected chi connectivity index (χ2v) is 13.7. The van der Waals surface area contributed by atoms with Crippen LogP contribution in [0.25, 0.3) is 0 Å². The monoisotopic (exact) mass is 747 g/mol. The summed E-state index contributed by atoms with van der Waals surface area (Å²) in [6.07, 6.45) is 37.9. The van der Waals surface area contributed by atoms with Crippen molar-refractivity contribution in [3.63, 3.8) is 0 Å². The maximum absolute atomic E-state index is 12.7. The van der Waals surface area contributed by atoms with Crippen LogP contribution in [0.5, 0.6) is 0 Å². The van der Waals surface area contributed by atoms with Gasteiger partial charge in [0.25, 0.3) is 0 Å². The maximum atomic E-state index is 12.7. The van der Waals surface area contributed by atoms with Crippen molar-refractivity contribution >= 4 is 5.97 Å². The third-order valence-corrected chi connectivity index (χ3v) is 8.90.